The minimum Gasteiger partial charge on any atom is -0.486 e. The Bertz CT molecular complexity index is 825. The van der Waals surface area contributed by atoms with Crippen molar-refractivity contribution in [2.75, 3.05) is 0 Å². The van der Waals surface area contributed by atoms with E-state index < -0.39 is 5.91 Å². The second-order valence-corrected chi connectivity index (χ2v) is 5.16. The molecule has 0 aliphatic carbocycles. The summed E-state index contributed by atoms with van der Waals surface area (Å²) >= 11 is 0. The Labute approximate surface area is 133 Å². The number of aryl methyl sites for hydroxylation is 1. The summed E-state index contributed by atoms with van der Waals surface area (Å²) in [5.41, 5.74) is 8.23. The van der Waals surface area contributed by atoms with Crippen molar-refractivity contribution in [2.45, 2.75) is 13.5 Å². The normalized spacial score (nSPS) is 10.5. The minimum absolute atomic E-state index is 0.195. The summed E-state index contributed by atoms with van der Waals surface area (Å²) in [6, 6.07) is 14.9. The van der Waals surface area contributed by atoms with Gasteiger partial charge in [0.25, 0.3) is 5.91 Å². The average molecular weight is 308 g/mol. The van der Waals surface area contributed by atoms with Gasteiger partial charge in [0, 0.05) is 5.56 Å². The Balaban J connectivity index is 1.76. The highest BCUT2D eigenvalue weighted by atomic mass is 16.5. The van der Waals surface area contributed by atoms with Crippen LogP contribution in [0.3, 0.4) is 0 Å². The van der Waals surface area contributed by atoms with Crippen molar-refractivity contribution in [3.63, 3.8) is 0 Å². The molecule has 0 atom stereocenters. The van der Waals surface area contributed by atoms with Crippen LogP contribution in [0.25, 0.3) is 11.5 Å². The zero-order valence-electron chi connectivity index (χ0n) is 12.7. The molecule has 1 heterocycles. The molecule has 0 spiro atoms. The summed E-state index contributed by atoms with van der Waals surface area (Å²) in [7, 11) is 0. The molecule has 0 fully saturated rings. The van der Waals surface area contributed by atoms with Crippen LogP contribution in [0.4, 0.5) is 0 Å². The Morgan fingerprint density at radius 1 is 1.22 bits per heavy atom. The number of hydrogen-bond acceptors (Lipinski definition) is 4. The number of carbonyl (C=O) groups excluding carboxylic acids is 1. The van der Waals surface area contributed by atoms with Gasteiger partial charge in [-0.3, -0.25) is 4.79 Å². The van der Waals surface area contributed by atoms with Crippen LogP contribution < -0.4 is 10.5 Å². The lowest BCUT2D eigenvalue weighted by Crippen LogP contribution is -2.13. The molecule has 23 heavy (non-hydrogen) atoms. The van der Waals surface area contributed by atoms with Gasteiger partial charge in [-0.1, -0.05) is 24.3 Å². The van der Waals surface area contributed by atoms with E-state index in [-0.39, 0.29) is 6.61 Å². The third-order valence-corrected chi connectivity index (χ3v) is 3.35. The van der Waals surface area contributed by atoms with E-state index in [0.717, 1.165) is 11.1 Å². The van der Waals surface area contributed by atoms with Crippen LogP contribution >= 0.6 is 0 Å². The second-order valence-electron chi connectivity index (χ2n) is 5.16. The van der Waals surface area contributed by atoms with E-state index in [1.54, 1.807) is 18.4 Å². The number of hydrogen-bond donors (Lipinski definition) is 1. The van der Waals surface area contributed by atoms with Gasteiger partial charge in [0.2, 0.25) is 5.89 Å². The number of benzene rings is 2. The van der Waals surface area contributed by atoms with Gasteiger partial charge in [-0.25, -0.2) is 4.98 Å². The van der Waals surface area contributed by atoms with E-state index in [2.05, 4.69) is 4.98 Å². The standard InChI is InChI=1S/C18H16N2O3/c1-12-7-8-15(17(19)21)16(9-12)22-10-14-11-23-18(20-14)13-5-3-2-4-6-13/h2-9,11H,10H2,1H3,(H2,19,21). The SMILES string of the molecule is Cc1ccc(C(N)=O)c(OCc2coc(-c3ccccc3)n2)c1. The molecule has 0 unspecified atom stereocenters. The van der Waals surface area contributed by atoms with Crippen LogP contribution in [0.15, 0.2) is 59.2 Å². The maximum atomic E-state index is 11.4. The van der Waals surface area contributed by atoms with Gasteiger partial charge < -0.3 is 14.9 Å². The largest absolute Gasteiger partial charge is 0.486 e. The summed E-state index contributed by atoms with van der Waals surface area (Å²) < 4.78 is 11.1. The van der Waals surface area contributed by atoms with Crippen molar-refractivity contribution < 1.29 is 13.9 Å². The molecule has 0 radical (unpaired) electrons. The van der Waals surface area contributed by atoms with Gasteiger partial charge in [-0.2, -0.15) is 0 Å². The van der Waals surface area contributed by atoms with E-state index in [1.165, 1.54) is 0 Å². The van der Waals surface area contributed by atoms with Crippen molar-refractivity contribution in [2.24, 2.45) is 5.73 Å². The number of primary amides is 1. The number of rotatable bonds is 5. The Morgan fingerprint density at radius 2 is 2.00 bits per heavy atom. The molecule has 1 aromatic heterocycles. The van der Waals surface area contributed by atoms with E-state index in [0.29, 0.717) is 22.9 Å². The molecule has 0 saturated heterocycles. The highest BCUT2D eigenvalue weighted by molar-refractivity contribution is 5.95. The molecule has 5 heteroatoms. The van der Waals surface area contributed by atoms with Crippen molar-refractivity contribution in [3.8, 4) is 17.2 Å². The smallest absolute Gasteiger partial charge is 0.252 e. The molecule has 116 valence electrons. The minimum atomic E-state index is -0.523. The van der Waals surface area contributed by atoms with Crippen molar-refractivity contribution in [3.05, 3.63) is 71.6 Å². The highest BCUT2D eigenvalue weighted by Gasteiger charge is 2.11. The van der Waals surface area contributed by atoms with Gasteiger partial charge >= 0.3 is 0 Å². The molecule has 0 saturated carbocycles. The quantitative estimate of drug-likeness (QED) is 0.784. The fourth-order valence-corrected chi connectivity index (χ4v) is 2.19. The first-order valence-electron chi connectivity index (χ1n) is 7.16. The predicted molar refractivity (Wildman–Crippen MR) is 86.0 cm³/mol. The van der Waals surface area contributed by atoms with Gasteiger partial charge in [0.1, 0.15) is 24.3 Å². The van der Waals surface area contributed by atoms with Crippen molar-refractivity contribution in [1.82, 2.24) is 4.98 Å². The van der Waals surface area contributed by atoms with Crippen LogP contribution in [0.2, 0.25) is 0 Å². The van der Waals surface area contributed by atoms with E-state index >= 15 is 0 Å². The molecular formula is C18H16N2O3. The maximum Gasteiger partial charge on any atom is 0.252 e. The first-order chi connectivity index (χ1) is 11.1. The topological polar surface area (TPSA) is 78.4 Å². The molecule has 1 amide bonds. The monoisotopic (exact) mass is 308 g/mol. The van der Waals surface area contributed by atoms with Crippen LogP contribution in [0.1, 0.15) is 21.6 Å². The third-order valence-electron chi connectivity index (χ3n) is 3.35. The summed E-state index contributed by atoms with van der Waals surface area (Å²) in [5, 5.41) is 0. The number of nitrogens with two attached hydrogens (primary N) is 1. The number of oxazole rings is 1. The molecule has 2 N–H and O–H groups in total. The maximum absolute atomic E-state index is 11.4. The average Bonchev–Trinajstić information content (AvgIpc) is 3.02. The molecule has 3 aromatic rings. The predicted octanol–water partition coefficient (Wildman–Crippen LogP) is 3.33. The van der Waals surface area contributed by atoms with E-state index in [9.17, 15) is 4.79 Å². The fourth-order valence-electron chi connectivity index (χ4n) is 2.19. The zero-order chi connectivity index (χ0) is 16.2. The number of ether oxygens (including phenoxy) is 1. The first kappa shape index (κ1) is 14.8. The molecule has 0 bridgehead atoms. The molecule has 2 aromatic carbocycles. The van der Waals surface area contributed by atoms with E-state index in [1.807, 2.05) is 43.3 Å². The Morgan fingerprint density at radius 3 is 2.74 bits per heavy atom. The van der Waals surface area contributed by atoms with Crippen LogP contribution in [-0.2, 0) is 6.61 Å². The summed E-state index contributed by atoms with van der Waals surface area (Å²) in [6.45, 7) is 2.11. The van der Waals surface area contributed by atoms with Crippen LogP contribution in [0.5, 0.6) is 5.75 Å². The molecule has 5 nitrogen and oxygen atoms in total. The molecule has 0 aliphatic heterocycles. The van der Waals surface area contributed by atoms with Crippen molar-refractivity contribution >= 4 is 5.91 Å². The van der Waals surface area contributed by atoms with Crippen LogP contribution in [0, 0.1) is 6.92 Å². The lowest BCUT2D eigenvalue weighted by molar-refractivity contribution is 0.0996. The van der Waals surface area contributed by atoms with E-state index in [4.69, 9.17) is 14.9 Å². The third kappa shape index (κ3) is 3.40. The second kappa shape index (κ2) is 6.36. The number of aromatic nitrogens is 1. The van der Waals surface area contributed by atoms with Gasteiger partial charge in [-0.05, 0) is 36.8 Å². The highest BCUT2D eigenvalue weighted by Crippen LogP contribution is 2.22. The number of amides is 1. The lowest BCUT2D eigenvalue weighted by atomic mass is 10.1. The summed E-state index contributed by atoms with van der Waals surface area (Å²) in [5.74, 6) is 0.454. The number of carbonyl (C=O) groups is 1. The Kier molecular flexibility index (Phi) is 4.10. The molecule has 0 aliphatic rings. The lowest BCUT2D eigenvalue weighted by Gasteiger charge is -2.09. The summed E-state index contributed by atoms with van der Waals surface area (Å²) in [4.78, 5) is 15.8. The molecule has 3 rings (SSSR count). The van der Waals surface area contributed by atoms with Crippen molar-refractivity contribution in [1.29, 1.82) is 0 Å². The van der Waals surface area contributed by atoms with Gasteiger partial charge in [-0.15, -0.1) is 0 Å². The first-order valence-corrected chi connectivity index (χ1v) is 7.16. The fraction of sp³-hybridized carbons (Fsp3) is 0.111. The molecular weight excluding hydrogens is 292 g/mol. The van der Waals surface area contributed by atoms with Gasteiger partial charge in [0.15, 0.2) is 0 Å². The summed E-state index contributed by atoms with van der Waals surface area (Å²) in [6.07, 6.45) is 1.54. The van der Waals surface area contributed by atoms with Gasteiger partial charge in [0.05, 0.1) is 5.56 Å². The number of nitrogens with zero attached hydrogens (tertiary/aromatic N) is 1. The zero-order valence-corrected chi connectivity index (χ0v) is 12.7. The Hall–Kier alpha value is -3.08. The van der Waals surface area contributed by atoms with Crippen LogP contribution in [-0.4, -0.2) is 10.9 Å².